The summed E-state index contributed by atoms with van der Waals surface area (Å²) in [5, 5.41) is 7.85. The Morgan fingerprint density at radius 2 is 1.97 bits per heavy atom. The van der Waals surface area contributed by atoms with Crippen LogP contribution in [0.25, 0.3) is 16.9 Å². The smallest absolute Gasteiger partial charge is 0.368 e. The first-order valence-corrected chi connectivity index (χ1v) is 10.5. The van der Waals surface area contributed by atoms with Crippen LogP contribution in [0.15, 0.2) is 59.5 Å². The first-order chi connectivity index (χ1) is 15.5. The largest absolute Gasteiger partial charge is 0.489 e. The first-order valence-electron chi connectivity index (χ1n) is 10.5. The van der Waals surface area contributed by atoms with Crippen molar-refractivity contribution in [2.75, 3.05) is 0 Å². The van der Waals surface area contributed by atoms with Crippen LogP contribution in [-0.4, -0.2) is 24.8 Å². The molecule has 7 nitrogen and oxygen atoms in total. The fourth-order valence-corrected chi connectivity index (χ4v) is 3.90. The normalized spacial score (nSPS) is 13.3. The van der Waals surface area contributed by atoms with Crippen LogP contribution in [0.1, 0.15) is 35.4 Å². The van der Waals surface area contributed by atoms with Gasteiger partial charge in [0.1, 0.15) is 23.9 Å². The molecule has 0 bridgehead atoms. The maximum atomic E-state index is 14.1. The van der Waals surface area contributed by atoms with E-state index in [9.17, 15) is 9.18 Å². The van der Waals surface area contributed by atoms with E-state index in [0.29, 0.717) is 28.6 Å². The molecule has 0 atom stereocenters. The number of halogens is 1. The fourth-order valence-electron chi connectivity index (χ4n) is 3.90. The standard InChI is InChI=1S/C24H22FN5O2/c1-15-13-17(23-20(25)6-4-12-26-23)10-11-22(15)32-14-19-18(16-8-9-16)5-3-7-21(19)30-24(31)29(2)27-28-30/h3-7,10-13,16H,8-9,14H2,1-2H3. The molecule has 2 heterocycles. The number of nitrogens with zero attached hydrogens (tertiary/aromatic N) is 5. The van der Waals surface area contributed by atoms with Crippen molar-refractivity contribution in [3.8, 4) is 22.7 Å². The molecule has 8 heteroatoms. The van der Waals surface area contributed by atoms with E-state index in [1.165, 1.54) is 21.0 Å². The average Bonchev–Trinajstić information content (AvgIpc) is 3.59. The SMILES string of the molecule is Cc1cc(-c2ncccc2F)ccc1OCc1c(C2CC2)cccc1-n1nnn(C)c1=O. The highest BCUT2D eigenvalue weighted by Gasteiger charge is 2.28. The summed E-state index contributed by atoms with van der Waals surface area (Å²) in [4.78, 5) is 16.6. The van der Waals surface area contributed by atoms with Gasteiger partial charge in [0.2, 0.25) is 0 Å². The van der Waals surface area contributed by atoms with Crippen LogP contribution in [0, 0.1) is 12.7 Å². The average molecular weight is 431 g/mol. The summed E-state index contributed by atoms with van der Waals surface area (Å²) >= 11 is 0. The van der Waals surface area contributed by atoms with Crippen molar-refractivity contribution in [2.24, 2.45) is 7.05 Å². The van der Waals surface area contributed by atoms with Gasteiger partial charge < -0.3 is 4.74 Å². The predicted octanol–water partition coefficient (Wildman–Crippen LogP) is 3.93. The van der Waals surface area contributed by atoms with Gasteiger partial charge in [-0.25, -0.2) is 9.18 Å². The van der Waals surface area contributed by atoms with Gasteiger partial charge in [0.25, 0.3) is 0 Å². The summed E-state index contributed by atoms with van der Waals surface area (Å²) in [5.41, 5.74) is 4.34. The quantitative estimate of drug-likeness (QED) is 0.462. The van der Waals surface area contributed by atoms with Crippen LogP contribution in [0.4, 0.5) is 4.39 Å². The number of rotatable bonds is 6. The number of pyridine rings is 1. The van der Waals surface area contributed by atoms with E-state index >= 15 is 0 Å². The van der Waals surface area contributed by atoms with Gasteiger partial charge in [-0.1, -0.05) is 12.1 Å². The predicted molar refractivity (Wildman–Crippen MR) is 117 cm³/mol. The minimum atomic E-state index is -0.363. The Kier molecular flexibility index (Phi) is 5.05. The van der Waals surface area contributed by atoms with Gasteiger partial charge in [0.05, 0.1) is 5.69 Å². The second-order valence-electron chi connectivity index (χ2n) is 8.02. The molecule has 1 saturated carbocycles. The molecule has 1 aliphatic rings. The Morgan fingerprint density at radius 3 is 2.66 bits per heavy atom. The molecule has 2 aromatic carbocycles. The number of aromatic nitrogens is 5. The summed E-state index contributed by atoms with van der Waals surface area (Å²) in [6, 6.07) is 14.3. The van der Waals surface area contributed by atoms with Crippen molar-refractivity contribution in [1.29, 1.82) is 0 Å². The van der Waals surface area contributed by atoms with E-state index in [1.54, 1.807) is 25.4 Å². The molecule has 0 radical (unpaired) electrons. The van der Waals surface area contributed by atoms with Gasteiger partial charge in [0, 0.05) is 24.4 Å². The third-order valence-corrected chi connectivity index (χ3v) is 5.73. The van der Waals surface area contributed by atoms with Crippen molar-refractivity contribution in [3.05, 3.63) is 87.7 Å². The number of ether oxygens (including phenoxy) is 1. The second-order valence-corrected chi connectivity index (χ2v) is 8.02. The van der Waals surface area contributed by atoms with Gasteiger partial charge >= 0.3 is 5.69 Å². The van der Waals surface area contributed by atoms with Crippen LogP contribution in [0.5, 0.6) is 5.75 Å². The van der Waals surface area contributed by atoms with Crippen LogP contribution in [0.2, 0.25) is 0 Å². The van der Waals surface area contributed by atoms with E-state index in [2.05, 4.69) is 21.5 Å². The molecule has 1 fully saturated rings. The fraction of sp³-hybridized carbons (Fsp3) is 0.250. The number of benzene rings is 2. The van der Waals surface area contributed by atoms with E-state index in [4.69, 9.17) is 4.74 Å². The third kappa shape index (κ3) is 3.68. The van der Waals surface area contributed by atoms with Crippen molar-refractivity contribution < 1.29 is 9.13 Å². The summed E-state index contributed by atoms with van der Waals surface area (Å²) in [6.07, 6.45) is 3.81. The lowest BCUT2D eigenvalue weighted by atomic mass is 10.0. The zero-order valence-corrected chi connectivity index (χ0v) is 17.8. The van der Waals surface area contributed by atoms with Gasteiger partial charge in [-0.15, -0.1) is 0 Å². The summed E-state index contributed by atoms with van der Waals surface area (Å²) in [7, 11) is 1.57. The molecular weight excluding hydrogens is 409 g/mol. The first kappa shape index (κ1) is 20.1. The highest BCUT2D eigenvalue weighted by molar-refractivity contribution is 5.62. The molecule has 0 spiro atoms. The summed E-state index contributed by atoms with van der Waals surface area (Å²) < 4.78 is 22.8. The Balaban J connectivity index is 1.47. The molecule has 2 aromatic heterocycles. The Hall–Kier alpha value is -3.81. The minimum Gasteiger partial charge on any atom is -0.489 e. The van der Waals surface area contributed by atoms with Crippen molar-refractivity contribution in [3.63, 3.8) is 0 Å². The molecule has 0 saturated heterocycles. The Morgan fingerprint density at radius 1 is 1.12 bits per heavy atom. The highest BCUT2D eigenvalue weighted by Crippen LogP contribution is 2.43. The van der Waals surface area contributed by atoms with Gasteiger partial charge in [-0.05, 0) is 83.6 Å². The van der Waals surface area contributed by atoms with E-state index in [0.717, 1.165) is 24.0 Å². The number of aryl methyl sites for hydroxylation is 2. The van der Waals surface area contributed by atoms with E-state index < -0.39 is 0 Å². The summed E-state index contributed by atoms with van der Waals surface area (Å²) in [5.74, 6) is 0.794. The number of hydrogen-bond acceptors (Lipinski definition) is 5. The highest BCUT2D eigenvalue weighted by atomic mass is 19.1. The Bertz CT molecular complexity index is 1360. The van der Waals surface area contributed by atoms with Crippen LogP contribution >= 0.6 is 0 Å². The zero-order valence-electron chi connectivity index (χ0n) is 17.8. The van der Waals surface area contributed by atoms with Gasteiger partial charge in [-0.3, -0.25) is 4.98 Å². The lowest BCUT2D eigenvalue weighted by Gasteiger charge is -2.16. The van der Waals surface area contributed by atoms with Crippen LogP contribution in [-0.2, 0) is 13.7 Å². The van der Waals surface area contributed by atoms with Crippen molar-refractivity contribution in [1.82, 2.24) is 24.8 Å². The van der Waals surface area contributed by atoms with Gasteiger partial charge in [-0.2, -0.15) is 9.36 Å². The van der Waals surface area contributed by atoms with Gasteiger partial charge in [0.15, 0.2) is 0 Å². The number of hydrogen-bond donors (Lipinski definition) is 0. The molecule has 0 unspecified atom stereocenters. The lowest BCUT2D eigenvalue weighted by Crippen LogP contribution is -2.23. The molecule has 0 aliphatic heterocycles. The minimum absolute atomic E-state index is 0.281. The zero-order chi connectivity index (χ0) is 22.2. The molecular formula is C24H22FN5O2. The maximum Gasteiger partial charge on any atom is 0.368 e. The molecule has 5 rings (SSSR count). The summed E-state index contributed by atoms with van der Waals surface area (Å²) in [6.45, 7) is 2.20. The topological polar surface area (TPSA) is 74.8 Å². The Labute approximate surface area is 184 Å². The molecule has 4 aromatic rings. The van der Waals surface area contributed by atoms with Crippen molar-refractivity contribution in [2.45, 2.75) is 32.3 Å². The third-order valence-electron chi connectivity index (χ3n) is 5.73. The van der Waals surface area contributed by atoms with E-state index in [1.807, 2.05) is 31.2 Å². The van der Waals surface area contributed by atoms with Crippen LogP contribution in [0.3, 0.4) is 0 Å². The monoisotopic (exact) mass is 431 g/mol. The molecule has 0 N–H and O–H groups in total. The lowest BCUT2D eigenvalue weighted by molar-refractivity contribution is 0.302. The second kappa shape index (κ2) is 8.03. The molecule has 32 heavy (non-hydrogen) atoms. The number of tetrazole rings is 1. The molecule has 0 amide bonds. The maximum absolute atomic E-state index is 14.1. The molecule has 162 valence electrons. The van der Waals surface area contributed by atoms with Crippen molar-refractivity contribution >= 4 is 0 Å². The molecule has 1 aliphatic carbocycles. The van der Waals surface area contributed by atoms with Crippen LogP contribution < -0.4 is 10.4 Å². The van der Waals surface area contributed by atoms with E-state index in [-0.39, 0.29) is 18.1 Å².